The number of aryl methyl sites for hydroxylation is 1. The Balaban J connectivity index is 0.00000220. The van der Waals surface area contributed by atoms with Crippen LogP contribution in [0.15, 0.2) is 18.2 Å². The molecule has 0 N–H and O–H groups in total. The SMILES string of the molecule is CCC1CCCC(Oc2ccc([B-](F)(F)F)c(C)c2)C1.[K+]. The Morgan fingerprint density at radius 1 is 1.24 bits per heavy atom. The number of rotatable bonds is 4. The normalized spacial score (nSPS) is 22.5. The summed E-state index contributed by atoms with van der Waals surface area (Å²) in [6, 6.07) is 4.11. The van der Waals surface area contributed by atoms with E-state index in [1.54, 1.807) is 0 Å². The maximum atomic E-state index is 12.8. The van der Waals surface area contributed by atoms with Crippen molar-refractivity contribution >= 4 is 12.4 Å². The van der Waals surface area contributed by atoms with Gasteiger partial charge in [-0.3, -0.25) is 0 Å². The van der Waals surface area contributed by atoms with Gasteiger partial charge in [0.05, 0.1) is 6.10 Å². The molecule has 2 rings (SSSR count). The monoisotopic (exact) mass is 324 g/mol. The van der Waals surface area contributed by atoms with Gasteiger partial charge in [-0.1, -0.05) is 31.4 Å². The molecule has 1 aliphatic rings. The van der Waals surface area contributed by atoms with Gasteiger partial charge in [0.25, 0.3) is 0 Å². The van der Waals surface area contributed by atoms with E-state index in [-0.39, 0.29) is 63.1 Å². The van der Waals surface area contributed by atoms with Crippen molar-refractivity contribution in [3.8, 4) is 5.75 Å². The van der Waals surface area contributed by atoms with E-state index in [0.717, 1.165) is 31.7 Å². The van der Waals surface area contributed by atoms with Crippen molar-refractivity contribution in [1.82, 2.24) is 0 Å². The van der Waals surface area contributed by atoms with Gasteiger partial charge in [-0.05, 0) is 44.2 Å². The molecule has 1 aromatic rings. The summed E-state index contributed by atoms with van der Waals surface area (Å²) in [5, 5.41) is 0. The molecule has 1 aliphatic carbocycles. The van der Waals surface area contributed by atoms with Crippen molar-refractivity contribution in [1.29, 1.82) is 0 Å². The number of hydrogen-bond donors (Lipinski definition) is 0. The van der Waals surface area contributed by atoms with Gasteiger partial charge in [0, 0.05) is 0 Å². The average Bonchev–Trinajstić information content (AvgIpc) is 2.37. The molecule has 1 nitrogen and oxygen atoms in total. The average molecular weight is 324 g/mol. The predicted octanol–water partition coefficient (Wildman–Crippen LogP) is 1.40. The molecule has 0 spiro atoms. The van der Waals surface area contributed by atoms with Crippen molar-refractivity contribution in [3.63, 3.8) is 0 Å². The third kappa shape index (κ3) is 5.57. The quantitative estimate of drug-likeness (QED) is 0.761. The van der Waals surface area contributed by atoms with Crippen molar-refractivity contribution in [2.45, 2.75) is 52.1 Å². The number of benzene rings is 1. The molecular formula is C15H21BF3KO. The fourth-order valence-electron chi connectivity index (χ4n) is 3.00. The second kappa shape index (κ2) is 8.39. The topological polar surface area (TPSA) is 9.23 Å². The smallest absolute Gasteiger partial charge is 0.490 e. The van der Waals surface area contributed by atoms with E-state index < -0.39 is 12.4 Å². The zero-order chi connectivity index (χ0) is 14.8. The summed E-state index contributed by atoms with van der Waals surface area (Å²) in [5.74, 6) is 1.25. The van der Waals surface area contributed by atoms with Gasteiger partial charge < -0.3 is 17.7 Å². The molecule has 0 radical (unpaired) electrons. The Labute approximate surface area is 167 Å². The van der Waals surface area contributed by atoms with Crippen LogP contribution in [0.3, 0.4) is 0 Å². The van der Waals surface area contributed by atoms with Crippen LogP contribution < -0.4 is 61.6 Å². The van der Waals surface area contributed by atoms with E-state index in [0.29, 0.717) is 11.7 Å². The molecule has 1 fully saturated rings. The van der Waals surface area contributed by atoms with Crippen LogP contribution in [0.5, 0.6) is 5.75 Å². The van der Waals surface area contributed by atoms with Crippen molar-refractivity contribution in [2.75, 3.05) is 0 Å². The van der Waals surface area contributed by atoms with Crippen LogP contribution in [0, 0.1) is 12.8 Å². The largest absolute Gasteiger partial charge is 1.00 e. The molecule has 1 saturated carbocycles. The summed E-state index contributed by atoms with van der Waals surface area (Å²) in [6.07, 6.45) is 5.70. The van der Waals surface area contributed by atoms with Crippen molar-refractivity contribution in [3.05, 3.63) is 23.8 Å². The van der Waals surface area contributed by atoms with Gasteiger partial charge in [0.2, 0.25) is 0 Å². The van der Waals surface area contributed by atoms with E-state index >= 15 is 0 Å². The van der Waals surface area contributed by atoms with Gasteiger partial charge in [-0.2, -0.15) is 0 Å². The Bertz CT molecular complexity index is 465. The summed E-state index contributed by atoms with van der Waals surface area (Å²) in [6.45, 7) is -1.27. The molecule has 0 saturated heterocycles. The molecule has 21 heavy (non-hydrogen) atoms. The molecule has 0 aliphatic heterocycles. The molecule has 0 amide bonds. The molecule has 0 aromatic heterocycles. The van der Waals surface area contributed by atoms with Crippen molar-refractivity contribution < 1.29 is 69.1 Å². The Morgan fingerprint density at radius 3 is 2.52 bits per heavy atom. The minimum Gasteiger partial charge on any atom is -0.490 e. The molecule has 6 heteroatoms. The van der Waals surface area contributed by atoms with Crippen LogP contribution in [0.2, 0.25) is 0 Å². The Kier molecular flexibility index (Phi) is 7.81. The first-order chi connectivity index (χ1) is 9.40. The Hall–Kier alpha value is 0.511. The zero-order valence-electron chi connectivity index (χ0n) is 13.0. The summed E-state index contributed by atoms with van der Waals surface area (Å²) >= 11 is 0. The number of hydrogen-bond acceptors (Lipinski definition) is 1. The fourth-order valence-corrected chi connectivity index (χ4v) is 3.00. The summed E-state index contributed by atoms with van der Waals surface area (Å²) < 4.78 is 44.1. The molecule has 2 atom stereocenters. The molecular weight excluding hydrogens is 303 g/mol. The maximum Gasteiger partial charge on any atom is 1.00 e. The zero-order valence-corrected chi connectivity index (χ0v) is 16.2. The van der Waals surface area contributed by atoms with Crippen molar-refractivity contribution in [2.24, 2.45) is 5.92 Å². The van der Waals surface area contributed by atoms with Gasteiger partial charge in [-0.15, -0.1) is 5.46 Å². The van der Waals surface area contributed by atoms with Crippen LogP contribution in [-0.2, 0) is 0 Å². The second-order valence-corrected chi connectivity index (χ2v) is 5.77. The minimum atomic E-state index is -4.94. The van der Waals surface area contributed by atoms with Crippen LogP contribution in [0.1, 0.15) is 44.6 Å². The van der Waals surface area contributed by atoms with E-state index in [2.05, 4.69) is 6.92 Å². The Morgan fingerprint density at radius 2 is 1.95 bits per heavy atom. The van der Waals surface area contributed by atoms with Gasteiger partial charge in [-0.25, -0.2) is 0 Å². The summed E-state index contributed by atoms with van der Waals surface area (Å²) in [7, 11) is 0. The van der Waals surface area contributed by atoms with Gasteiger partial charge in [0.1, 0.15) is 5.75 Å². The standard InChI is InChI=1S/C15H21BF3O.K/c1-3-12-5-4-6-13(10-12)20-14-7-8-15(11(2)9-14)16(17,18)19;/h7-9,12-13H,3-6,10H2,1-2H3;/q-1;+1. The molecule has 1 aromatic carbocycles. The first-order valence-corrected chi connectivity index (χ1v) is 7.37. The molecule has 112 valence electrons. The first kappa shape index (κ1) is 19.6. The fraction of sp³-hybridized carbons (Fsp3) is 0.600. The summed E-state index contributed by atoms with van der Waals surface area (Å²) in [4.78, 5) is 0. The summed E-state index contributed by atoms with van der Waals surface area (Å²) in [5.41, 5.74) is -0.273. The molecule has 0 heterocycles. The van der Waals surface area contributed by atoms with Gasteiger partial charge in [0.15, 0.2) is 0 Å². The van der Waals surface area contributed by atoms with Crippen LogP contribution >= 0.6 is 0 Å². The number of halogens is 3. The van der Waals surface area contributed by atoms with E-state index in [4.69, 9.17) is 4.74 Å². The molecule has 0 bridgehead atoms. The predicted molar refractivity (Wildman–Crippen MR) is 76.6 cm³/mol. The second-order valence-electron chi connectivity index (χ2n) is 5.77. The van der Waals surface area contributed by atoms with Gasteiger partial charge >= 0.3 is 58.4 Å². The van der Waals surface area contributed by atoms with E-state index in [1.807, 2.05) is 0 Å². The first-order valence-electron chi connectivity index (χ1n) is 7.37. The van der Waals surface area contributed by atoms with E-state index in [1.165, 1.54) is 25.5 Å². The van der Waals surface area contributed by atoms with Crippen LogP contribution in [-0.4, -0.2) is 13.1 Å². The third-order valence-electron chi connectivity index (χ3n) is 4.21. The van der Waals surface area contributed by atoms with E-state index in [9.17, 15) is 12.9 Å². The maximum absolute atomic E-state index is 12.8. The molecule has 2 unspecified atom stereocenters. The number of ether oxygens (including phenoxy) is 1. The van der Waals surface area contributed by atoms with Crippen LogP contribution in [0.4, 0.5) is 12.9 Å². The van der Waals surface area contributed by atoms with Crippen LogP contribution in [0.25, 0.3) is 0 Å². The minimum absolute atomic E-state index is 0. The third-order valence-corrected chi connectivity index (χ3v) is 4.21.